The second-order valence-electron chi connectivity index (χ2n) is 11.1. The topological polar surface area (TPSA) is 6.48 Å². The van der Waals surface area contributed by atoms with Gasteiger partial charge in [0.05, 0.1) is 6.04 Å². The number of allylic oxidation sites excluding steroid dienone is 2. The lowest BCUT2D eigenvalue weighted by Crippen LogP contribution is -2.29. The molecule has 0 aliphatic heterocycles. The fourth-order valence-corrected chi connectivity index (χ4v) is 6.31. The van der Waals surface area contributed by atoms with Gasteiger partial charge in [-0.2, -0.15) is 0 Å². The molecular weight excluding hydrogens is 508 g/mol. The van der Waals surface area contributed by atoms with E-state index in [4.69, 9.17) is 0 Å². The van der Waals surface area contributed by atoms with Crippen LogP contribution in [0.2, 0.25) is 0 Å². The maximum Gasteiger partial charge on any atom is 0.0507 e. The smallest absolute Gasteiger partial charge is 0.0507 e. The van der Waals surface area contributed by atoms with E-state index in [9.17, 15) is 0 Å². The summed E-state index contributed by atoms with van der Waals surface area (Å²) in [5.74, 6) is 0. The number of hydrogen-bond acceptors (Lipinski definition) is 2. The largest absolute Gasteiger partial charge is 0.368 e. The van der Waals surface area contributed by atoms with E-state index in [0.29, 0.717) is 6.04 Å². The predicted octanol–water partition coefficient (Wildman–Crippen LogP) is 10.4. The maximum absolute atomic E-state index is 2.36. The molecule has 0 bridgehead atoms. The number of benzene rings is 6. The first kappa shape index (κ1) is 25.9. The zero-order chi connectivity index (χ0) is 28.5. The second-order valence-corrected chi connectivity index (χ2v) is 11.1. The summed E-state index contributed by atoms with van der Waals surface area (Å²) in [6.45, 7) is 0. The summed E-state index contributed by atoms with van der Waals surface area (Å²) in [6.07, 6.45) is 9.83. The fraction of sp³-hybridized carbons (Fsp3) is 0.100. The molecule has 0 saturated heterocycles. The SMILES string of the molecule is CN(c1ccccc1)c1ccc(-c2c3ccccc3c(-c3ccc(N(C)C4C=CC=CC4)cc3)c3ccccc23)cc1. The van der Waals surface area contributed by atoms with Gasteiger partial charge in [-0.15, -0.1) is 0 Å². The predicted molar refractivity (Wildman–Crippen MR) is 182 cm³/mol. The summed E-state index contributed by atoms with van der Waals surface area (Å²) in [6, 6.07) is 46.7. The molecule has 1 atom stereocenters. The third-order valence-electron chi connectivity index (χ3n) is 8.64. The molecule has 1 unspecified atom stereocenters. The molecule has 0 radical (unpaired) electrons. The standard InChI is InChI=1S/C40H34N2/c1-41(31-13-5-3-6-14-31)33-25-21-29(22-26-33)39-35-17-9-11-19-37(35)40(38-20-12-10-18-36(38)39)30-23-27-34(28-24-30)42(2)32-15-7-4-8-16-32/h3-15,17-28,32H,16H2,1-2H3. The van der Waals surface area contributed by atoms with Crippen molar-refractivity contribution in [2.24, 2.45) is 0 Å². The molecule has 6 aromatic carbocycles. The van der Waals surface area contributed by atoms with Crippen LogP contribution in [0.15, 0.2) is 152 Å². The van der Waals surface area contributed by atoms with E-state index < -0.39 is 0 Å². The van der Waals surface area contributed by atoms with E-state index in [1.54, 1.807) is 0 Å². The van der Waals surface area contributed by atoms with Crippen LogP contribution >= 0.6 is 0 Å². The molecule has 42 heavy (non-hydrogen) atoms. The Bertz CT molecular complexity index is 1860. The van der Waals surface area contributed by atoms with Crippen molar-refractivity contribution < 1.29 is 0 Å². The molecule has 6 aromatic rings. The van der Waals surface area contributed by atoms with Crippen LogP contribution in [-0.2, 0) is 0 Å². The highest BCUT2D eigenvalue weighted by molar-refractivity contribution is 6.21. The summed E-state index contributed by atoms with van der Waals surface area (Å²) in [7, 11) is 4.31. The summed E-state index contributed by atoms with van der Waals surface area (Å²) < 4.78 is 0. The first-order chi connectivity index (χ1) is 20.7. The van der Waals surface area contributed by atoms with Crippen LogP contribution in [0.4, 0.5) is 17.1 Å². The normalized spacial score (nSPS) is 14.4. The van der Waals surface area contributed by atoms with Crippen LogP contribution < -0.4 is 9.80 Å². The summed E-state index contributed by atoms with van der Waals surface area (Å²) in [5, 5.41) is 5.10. The van der Waals surface area contributed by atoms with Gasteiger partial charge in [-0.25, -0.2) is 0 Å². The van der Waals surface area contributed by atoms with Gasteiger partial charge in [-0.1, -0.05) is 115 Å². The average molecular weight is 543 g/mol. The lowest BCUT2D eigenvalue weighted by Gasteiger charge is -2.28. The van der Waals surface area contributed by atoms with Crippen molar-refractivity contribution in [2.45, 2.75) is 12.5 Å². The quantitative estimate of drug-likeness (QED) is 0.193. The molecule has 0 saturated carbocycles. The molecule has 0 heterocycles. The first-order valence-corrected chi connectivity index (χ1v) is 14.7. The molecule has 0 N–H and O–H groups in total. The van der Waals surface area contributed by atoms with E-state index in [1.807, 2.05) is 0 Å². The van der Waals surface area contributed by atoms with Crippen molar-refractivity contribution in [3.8, 4) is 22.3 Å². The zero-order valence-electron chi connectivity index (χ0n) is 24.1. The second kappa shape index (κ2) is 11.1. The number of likely N-dealkylation sites (N-methyl/N-ethyl adjacent to an activating group) is 1. The molecule has 0 amide bonds. The average Bonchev–Trinajstić information content (AvgIpc) is 3.07. The van der Waals surface area contributed by atoms with E-state index in [1.165, 1.54) is 60.9 Å². The molecule has 1 aliphatic carbocycles. The lowest BCUT2D eigenvalue weighted by atomic mass is 9.86. The molecule has 0 aromatic heterocycles. The highest BCUT2D eigenvalue weighted by Gasteiger charge is 2.18. The van der Waals surface area contributed by atoms with Gasteiger partial charge in [0, 0.05) is 31.2 Å². The van der Waals surface area contributed by atoms with Gasteiger partial charge in [0.15, 0.2) is 0 Å². The Morgan fingerprint density at radius 3 is 1.40 bits per heavy atom. The number of para-hydroxylation sites is 1. The van der Waals surface area contributed by atoms with Gasteiger partial charge in [-0.3, -0.25) is 0 Å². The van der Waals surface area contributed by atoms with E-state index in [2.05, 4.69) is 176 Å². The minimum absolute atomic E-state index is 0.390. The van der Waals surface area contributed by atoms with Gasteiger partial charge in [0.25, 0.3) is 0 Å². The van der Waals surface area contributed by atoms with Gasteiger partial charge < -0.3 is 9.80 Å². The van der Waals surface area contributed by atoms with E-state index in [-0.39, 0.29) is 0 Å². The van der Waals surface area contributed by atoms with Gasteiger partial charge in [0.2, 0.25) is 0 Å². The molecule has 1 aliphatic rings. The van der Waals surface area contributed by atoms with Crippen LogP contribution in [0.3, 0.4) is 0 Å². The van der Waals surface area contributed by atoms with E-state index >= 15 is 0 Å². The van der Waals surface area contributed by atoms with Gasteiger partial charge >= 0.3 is 0 Å². The van der Waals surface area contributed by atoms with Crippen LogP contribution in [0.25, 0.3) is 43.8 Å². The van der Waals surface area contributed by atoms with Crippen LogP contribution in [-0.4, -0.2) is 20.1 Å². The molecule has 0 fully saturated rings. The van der Waals surface area contributed by atoms with Crippen molar-refractivity contribution >= 4 is 38.6 Å². The highest BCUT2D eigenvalue weighted by Crippen LogP contribution is 2.44. The molecule has 2 heteroatoms. The summed E-state index contributed by atoms with van der Waals surface area (Å²) >= 11 is 0. The maximum atomic E-state index is 2.36. The minimum atomic E-state index is 0.390. The van der Waals surface area contributed by atoms with Crippen molar-refractivity contribution in [3.05, 3.63) is 152 Å². The summed E-state index contributed by atoms with van der Waals surface area (Å²) in [4.78, 5) is 4.59. The van der Waals surface area contributed by atoms with Crippen molar-refractivity contribution in [1.82, 2.24) is 0 Å². The number of fused-ring (bicyclic) bond motifs is 2. The number of nitrogens with zero attached hydrogens (tertiary/aromatic N) is 2. The third kappa shape index (κ3) is 4.65. The van der Waals surface area contributed by atoms with Gasteiger partial charge in [-0.05, 0) is 86.6 Å². The number of anilines is 3. The molecular formula is C40H34N2. The van der Waals surface area contributed by atoms with Crippen LogP contribution in [0.1, 0.15) is 6.42 Å². The van der Waals surface area contributed by atoms with E-state index in [0.717, 1.165) is 6.42 Å². The Balaban J connectivity index is 1.33. The van der Waals surface area contributed by atoms with Crippen molar-refractivity contribution in [3.63, 3.8) is 0 Å². The monoisotopic (exact) mass is 542 g/mol. The van der Waals surface area contributed by atoms with Crippen molar-refractivity contribution in [1.29, 1.82) is 0 Å². The van der Waals surface area contributed by atoms with Crippen LogP contribution in [0, 0.1) is 0 Å². The number of hydrogen-bond donors (Lipinski definition) is 0. The Kier molecular flexibility index (Phi) is 6.81. The Labute approximate surface area is 248 Å². The molecule has 2 nitrogen and oxygen atoms in total. The molecule has 204 valence electrons. The van der Waals surface area contributed by atoms with Crippen LogP contribution in [0.5, 0.6) is 0 Å². The molecule has 7 rings (SSSR count). The zero-order valence-corrected chi connectivity index (χ0v) is 24.1. The lowest BCUT2D eigenvalue weighted by molar-refractivity contribution is 0.754. The Morgan fingerprint density at radius 1 is 0.476 bits per heavy atom. The summed E-state index contributed by atoms with van der Waals surface area (Å²) in [5.41, 5.74) is 8.62. The van der Waals surface area contributed by atoms with Gasteiger partial charge in [0.1, 0.15) is 0 Å². The highest BCUT2D eigenvalue weighted by atomic mass is 15.1. The first-order valence-electron chi connectivity index (χ1n) is 14.7. The third-order valence-corrected chi connectivity index (χ3v) is 8.64. The Hall–Kier alpha value is -5.08. The Morgan fingerprint density at radius 2 is 0.929 bits per heavy atom. The van der Waals surface area contributed by atoms with Crippen molar-refractivity contribution in [2.75, 3.05) is 23.9 Å². The fourth-order valence-electron chi connectivity index (χ4n) is 6.31. The molecule has 0 spiro atoms. The minimum Gasteiger partial charge on any atom is -0.368 e. The number of rotatable bonds is 6.